The Morgan fingerprint density at radius 2 is 1.48 bits per heavy atom. The molecule has 0 rings (SSSR count). The molecule has 0 fully saturated rings. The number of hydrogen-bond donors (Lipinski definition) is 0. The average molecular weight is 349 g/mol. The fourth-order valence-electron chi connectivity index (χ4n) is 2.37. The van der Waals surface area contributed by atoms with Gasteiger partial charge in [-0.3, -0.25) is 0 Å². The maximum atomic E-state index is 11.2. The molecule has 0 spiro atoms. The van der Waals surface area contributed by atoms with Crippen LogP contribution in [0.3, 0.4) is 0 Å². The summed E-state index contributed by atoms with van der Waals surface area (Å²) in [4.78, 5) is 11.2. The molecule has 0 aromatic carbocycles. The number of carbonyl (C=O) groups is 1. The summed E-state index contributed by atoms with van der Waals surface area (Å²) in [5.74, 6) is -0.152. The van der Waals surface area contributed by atoms with Crippen LogP contribution in [0.5, 0.6) is 0 Å². The molecule has 0 heterocycles. The van der Waals surface area contributed by atoms with E-state index in [1.54, 1.807) is 0 Å². The van der Waals surface area contributed by atoms with Crippen LogP contribution in [0.2, 0.25) is 51.9 Å². The molecule has 0 aliphatic heterocycles. The van der Waals surface area contributed by atoms with Crippen LogP contribution < -0.4 is 0 Å². The largest absolute Gasteiger partial charge is 0.462 e. The second kappa shape index (κ2) is 7.87. The second-order valence-electron chi connectivity index (χ2n) is 7.71. The first-order valence-corrected chi connectivity index (χ1v) is 16.8. The molecule has 21 heavy (non-hydrogen) atoms. The van der Waals surface area contributed by atoms with Crippen molar-refractivity contribution in [1.82, 2.24) is 0 Å². The Hall–Kier alpha value is -0.219. The Morgan fingerprint density at radius 3 is 1.81 bits per heavy atom. The predicted molar refractivity (Wildman–Crippen MR) is 95.6 cm³/mol. The van der Waals surface area contributed by atoms with Crippen molar-refractivity contribution in [2.75, 3.05) is 6.61 Å². The zero-order chi connectivity index (χ0) is 16.9. The molecule has 0 aromatic rings. The minimum atomic E-state index is -2.26. The molecular weight excluding hydrogens is 316 g/mol. The van der Waals surface area contributed by atoms with Crippen molar-refractivity contribution in [2.45, 2.75) is 58.8 Å². The summed E-state index contributed by atoms with van der Waals surface area (Å²) in [6.45, 7) is 21.1. The lowest BCUT2D eigenvalue weighted by atomic mass is 10.2. The third kappa shape index (κ3) is 11.1. The summed E-state index contributed by atoms with van der Waals surface area (Å²) in [5.41, 5.74) is 0. The van der Waals surface area contributed by atoms with Crippen LogP contribution in [0.15, 0.2) is 12.7 Å². The van der Waals surface area contributed by atoms with Gasteiger partial charge in [-0.2, -0.15) is 0 Å². The van der Waals surface area contributed by atoms with Crippen molar-refractivity contribution in [1.29, 1.82) is 0 Å². The van der Waals surface area contributed by atoms with E-state index in [4.69, 9.17) is 13.0 Å². The smallest absolute Gasteiger partial charge is 0.330 e. The molecule has 0 bridgehead atoms. The van der Waals surface area contributed by atoms with Gasteiger partial charge in [0.2, 0.25) is 0 Å². The van der Waals surface area contributed by atoms with Gasteiger partial charge in [0.25, 0.3) is 0 Å². The van der Waals surface area contributed by atoms with Gasteiger partial charge in [0.05, 0.1) is 6.61 Å². The molecule has 1 atom stereocenters. The van der Waals surface area contributed by atoms with Crippen LogP contribution in [-0.4, -0.2) is 37.8 Å². The van der Waals surface area contributed by atoms with E-state index in [0.717, 1.165) is 6.04 Å². The fraction of sp³-hybridized carbons (Fsp3) is 0.786. The van der Waals surface area contributed by atoms with E-state index >= 15 is 0 Å². The van der Waals surface area contributed by atoms with E-state index in [1.165, 1.54) is 6.08 Å². The zero-order valence-corrected chi connectivity index (χ0v) is 17.9. The number of carbonyl (C=O) groups excluding carboxylic acids is 1. The quantitative estimate of drug-likeness (QED) is 0.357. The number of rotatable bonds is 9. The van der Waals surface area contributed by atoms with Crippen LogP contribution in [0, 0.1) is 5.92 Å². The molecule has 0 N–H and O–H groups in total. The normalized spacial score (nSPS) is 14.7. The Kier molecular flexibility index (Phi) is 7.78. The Balaban J connectivity index is 4.81. The topological polar surface area (TPSA) is 44.8 Å². The van der Waals surface area contributed by atoms with E-state index in [0.29, 0.717) is 6.61 Å². The molecule has 124 valence electrons. The van der Waals surface area contributed by atoms with Gasteiger partial charge < -0.3 is 13.0 Å². The standard InChI is InChI=1S/C14H32O4Si3/c1-10-14(15)16-11-13(2)12-21(9,17-19(3,4)5)18-20(6,7)8/h10,13H,1,11-12H2,2-9H3. The highest BCUT2D eigenvalue weighted by Crippen LogP contribution is 2.27. The van der Waals surface area contributed by atoms with Crippen molar-refractivity contribution < 1.29 is 17.8 Å². The van der Waals surface area contributed by atoms with Crippen LogP contribution in [-0.2, 0) is 17.8 Å². The van der Waals surface area contributed by atoms with E-state index in [-0.39, 0.29) is 11.9 Å². The summed E-state index contributed by atoms with van der Waals surface area (Å²) in [7, 11) is -5.61. The van der Waals surface area contributed by atoms with E-state index in [2.05, 4.69) is 59.3 Å². The molecule has 0 saturated carbocycles. The minimum Gasteiger partial charge on any atom is -0.462 e. The first-order valence-electron chi connectivity index (χ1n) is 7.46. The summed E-state index contributed by atoms with van der Waals surface area (Å²) in [6.07, 6.45) is 1.19. The highest BCUT2D eigenvalue weighted by Gasteiger charge is 2.41. The van der Waals surface area contributed by atoms with Gasteiger partial charge in [0.15, 0.2) is 16.6 Å². The first kappa shape index (κ1) is 20.8. The van der Waals surface area contributed by atoms with Crippen molar-refractivity contribution in [3.8, 4) is 0 Å². The molecule has 0 saturated heterocycles. The lowest BCUT2D eigenvalue weighted by Gasteiger charge is -2.39. The fourth-order valence-corrected chi connectivity index (χ4v) is 15.3. The van der Waals surface area contributed by atoms with E-state index in [1.807, 2.05) is 0 Å². The summed E-state index contributed by atoms with van der Waals surface area (Å²) in [6, 6.07) is 0.839. The third-order valence-electron chi connectivity index (χ3n) is 2.44. The molecular formula is C14H32O4Si3. The Morgan fingerprint density at radius 1 is 1.05 bits per heavy atom. The highest BCUT2D eigenvalue weighted by atomic mass is 28.5. The predicted octanol–water partition coefficient (Wildman–Crippen LogP) is 4.13. The number of ether oxygens (including phenoxy) is 1. The first-order chi connectivity index (χ1) is 9.26. The maximum absolute atomic E-state index is 11.2. The van der Waals surface area contributed by atoms with Crippen molar-refractivity contribution in [3.05, 3.63) is 12.7 Å². The Bertz CT molecular complexity index is 342. The molecule has 0 aliphatic rings. The Labute approximate surface area is 133 Å². The van der Waals surface area contributed by atoms with E-state index < -0.39 is 25.2 Å². The minimum absolute atomic E-state index is 0.221. The van der Waals surface area contributed by atoms with Gasteiger partial charge in [-0.15, -0.1) is 0 Å². The van der Waals surface area contributed by atoms with Crippen molar-refractivity contribution in [2.24, 2.45) is 5.92 Å². The summed E-state index contributed by atoms with van der Waals surface area (Å²) in [5, 5.41) is 0. The number of hydrogen-bond acceptors (Lipinski definition) is 4. The third-order valence-corrected chi connectivity index (χ3v) is 12.2. The molecule has 1 unspecified atom stereocenters. The molecule has 0 amide bonds. The van der Waals surface area contributed by atoms with Gasteiger partial charge in [-0.25, -0.2) is 4.79 Å². The number of esters is 1. The monoisotopic (exact) mass is 348 g/mol. The summed E-state index contributed by atoms with van der Waals surface area (Å²) < 4.78 is 18.0. The van der Waals surface area contributed by atoms with Crippen LogP contribution in [0.4, 0.5) is 0 Å². The van der Waals surface area contributed by atoms with Crippen molar-refractivity contribution in [3.63, 3.8) is 0 Å². The summed E-state index contributed by atoms with van der Waals surface area (Å²) >= 11 is 0. The molecule has 7 heteroatoms. The van der Waals surface area contributed by atoms with Gasteiger partial charge in [-0.1, -0.05) is 13.5 Å². The van der Waals surface area contributed by atoms with Crippen LogP contribution in [0.25, 0.3) is 0 Å². The van der Waals surface area contributed by atoms with Gasteiger partial charge in [0, 0.05) is 6.08 Å². The average Bonchev–Trinajstić information content (AvgIpc) is 2.19. The molecule has 4 nitrogen and oxygen atoms in total. The van der Waals surface area contributed by atoms with E-state index in [9.17, 15) is 4.79 Å². The zero-order valence-electron chi connectivity index (χ0n) is 14.9. The maximum Gasteiger partial charge on any atom is 0.330 e. The molecule has 0 aliphatic carbocycles. The van der Waals surface area contributed by atoms with Crippen LogP contribution in [0.1, 0.15) is 6.92 Å². The molecule has 0 aromatic heterocycles. The molecule has 0 radical (unpaired) electrons. The van der Waals surface area contributed by atoms with Gasteiger partial charge in [-0.05, 0) is 57.8 Å². The van der Waals surface area contributed by atoms with Gasteiger partial charge >= 0.3 is 14.5 Å². The van der Waals surface area contributed by atoms with Gasteiger partial charge in [0.1, 0.15) is 0 Å². The van der Waals surface area contributed by atoms with Crippen molar-refractivity contribution >= 4 is 31.2 Å². The second-order valence-corrected chi connectivity index (χ2v) is 20.5. The highest BCUT2D eigenvalue weighted by molar-refractivity contribution is 6.87. The SMILES string of the molecule is C=CC(=O)OCC(C)C[Si](C)(O[Si](C)(C)C)O[Si](C)(C)C. The van der Waals surface area contributed by atoms with Crippen LogP contribution >= 0.6 is 0 Å². The lowest BCUT2D eigenvalue weighted by molar-refractivity contribution is -0.138. The lowest BCUT2D eigenvalue weighted by Crippen LogP contribution is -2.53.